The van der Waals surface area contributed by atoms with Gasteiger partial charge >= 0.3 is 0 Å². The van der Waals surface area contributed by atoms with Crippen LogP contribution in [-0.4, -0.2) is 45.1 Å². The highest BCUT2D eigenvalue weighted by Crippen LogP contribution is 2.27. The molecule has 1 fully saturated rings. The van der Waals surface area contributed by atoms with Crippen LogP contribution < -0.4 is 10.2 Å². The molecule has 22 heavy (non-hydrogen) atoms. The van der Waals surface area contributed by atoms with Crippen LogP contribution in [-0.2, 0) is 9.84 Å². The van der Waals surface area contributed by atoms with Crippen LogP contribution in [0.3, 0.4) is 0 Å². The second-order valence-corrected chi connectivity index (χ2v) is 8.81. The van der Waals surface area contributed by atoms with E-state index in [-0.39, 0.29) is 17.5 Å². The number of para-hydroxylation sites is 1. The molecule has 1 aliphatic heterocycles. The highest BCUT2D eigenvalue weighted by molar-refractivity contribution is 7.91. The van der Waals surface area contributed by atoms with Gasteiger partial charge in [0, 0.05) is 30.9 Å². The average Bonchev–Trinajstić information content (AvgIpc) is 2.47. The van der Waals surface area contributed by atoms with Crippen LogP contribution in [0.15, 0.2) is 24.3 Å². The summed E-state index contributed by atoms with van der Waals surface area (Å²) in [5.41, 5.74) is 1.06. The van der Waals surface area contributed by atoms with Crippen LogP contribution >= 0.6 is 11.6 Å². The van der Waals surface area contributed by atoms with Crippen molar-refractivity contribution in [2.45, 2.75) is 38.8 Å². The maximum absolute atomic E-state index is 11.7. The lowest BCUT2D eigenvalue weighted by molar-refractivity contribution is 0.394. The first kappa shape index (κ1) is 17.6. The van der Waals surface area contributed by atoms with Crippen LogP contribution in [0.5, 0.6) is 0 Å². The fraction of sp³-hybridized carbons (Fsp3) is 0.625. The normalized spacial score (nSPS) is 20.9. The molecule has 0 aliphatic carbocycles. The van der Waals surface area contributed by atoms with Crippen molar-refractivity contribution in [1.82, 2.24) is 5.32 Å². The number of anilines is 1. The van der Waals surface area contributed by atoms with Crippen LogP contribution in [0.1, 0.15) is 26.7 Å². The topological polar surface area (TPSA) is 49.4 Å². The van der Waals surface area contributed by atoms with Gasteiger partial charge in [-0.3, -0.25) is 0 Å². The van der Waals surface area contributed by atoms with E-state index < -0.39 is 9.84 Å². The van der Waals surface area contributed by atoms with E-state index in [0.29, 0.717) is 6.04 Å². The van der Waals surface area contributed by atoms with E-state index in [1.54, 1.807) is 6.92 Å². The number of hydrogen-bond acceptors (Lipinski definition) is 4. The lowest BCUT2D eigenvalue weighted by Crippen LogP contribution is -2.50. The number of piperidine rings is 1. The third-order valence-electron chi connectivity index (χ3n) is 4.08. The van der Waals surface area contributed by atoms with Crippen LogP contribution in [0.2, 0.25) is 5.02 Å². The summed E-state index contributed by atoms with van der Waals surface area (Å²) in [6.07, 6.45) is 2.15. The first-order valence-electron chi connectivity index (χ1n) is 7.87. The second kappa shape index (κ2) is 7.66. The zero-order valence-corrected chi connectivity index (χ0v) is 14.8. The van der Waals surface area contributed by atoms with E-state index in [4.69, 9.17) is 11.6 Å². The Balaban J connectivity index is 1.95. The maximum Gasteiger partial charge on any atom is 0.151 e. The fourth-order valence-corrected chi connectivity index (χ4v) is 4.34. The minimum Gasteiger partial charge on any atom is -0.369 e. The van der Waals surface area contributed by atoms with Crippen molar-refractivity contribution in [2.24, 2.45) is 0 Å². The maximum atomic E-state index is 11.7. The molecule has 0 spiro atoms. The number of nitrogens with zero attached hydrogens (tertiary/aromatic N) is 1. The van der Waals surface area contributed by atoms with Gasteiger partial charge in [-0.25, -0.2) is 8.42 Å². The zero-order valence-electron chi connectivity index (χ0n) is 13.3. The smallest absolute Gasteiger partial charge is 0.151 e. The SMILES string of the molecule is CCS(=O)(=O)C[C@@H](C)N[C@@H]1CCCN(c2ccccc2Cl)C1. The van der Waals surface area contributed by atoms with Gasteiger partial charge in [0.1, 0.15) is 0 Å². The van der Waals surface area contributed by atoms with Crippen molar-refractivity contribution in [3.05, 3.63) is 29.3 Å². The number of nitrogens with one attached hydrogen (secondary N) is 1. The molecule has 1 aromatic carbocycles. The van der Waals surface area contributed by atoms with Gasteiger partial charge in [-0.1, -0.05) is 30.7 Å². The van der Waals surface area contributed by atoms with E-state index in [1.165, 1.54) is 0 Å². The average molecular weight is 345 g/mol. The van der Waals surface area contributed by atoms with Crippen LogP contribution in [0, 0.1) is 0 Å². The summed E-state index contributed by atoms with van der Waals surface area (Å²) < 4.78 is 23.4. The highest BCUT2D eigenvalue weighted by Gasteiger charge is 2.24. The Hall–Kier alpha value is -0.780. The van der Waals surface area contributed by atoms with Gasteiger partial charge in [0.25, 0.3) is 0 Å². The van der Waals surface area contributed by atoms with Gasteiger partial charge in [-0.2, -0.15) is 0 Å². The Morgan fingerprint density at radius 1 is 1.41 bits per heavy atom. The minimum absolute atomic E-state index is 0.0267. The molecule has 1 saturated heterocycles. The monoisotopic (exact) mass is 344 g/mol. The third kappa shape index (κ3) is 4.86. The standard InChI is InChI=1S/C16H25ClN2O2S/c1-3-22(20,21)12-13(2)18-14-7-6-10-19(11-14)16-9-5-4-8-15(16)17/h4-5,8-9,13-14,18H,3,6-7,10-12H2,1-2H3/t13-,14-/m1/s1. The Morgan fingerprint density at radius 3 is 2.82 bits per heavy atom. The molecular weight excluding hydrogens is 320 g/mol. The molecule has 0 amide bonds. The molecule has 0 radical (unpaired) electrons. The summed E-state index contributed by atoms with van der Waals surface area (Å²) in [6.45, 7) is 5.49. The van der Waals surface area contributed by atoms with Gasteiger partial charge in [0.15, 0.2) is 9.84 Å². The minimum atomic E-state index is -2.94. The molecule has 2 rings (SSSR count). The lowest BCUT2D eigenvalue weighted by atomic mass is 10.0. The molecule has 6 heteroatoms. The van der Waals surface area contributed by atoms with Crippen molar-refractivity contribution in [3.8, 4) is 0 Å². The summed E-state index contributed by atoms with van der Waals surface area (Å²) in [4.78, 5) is 2.28. The van der Waals surface area contributed by atoms with E-state index in [2.05, 4.69) is 10.2 Å². The first-order chi connectivity index (χ1) is 10.4. The van der Waals surface area contributed by atoms with Crippen LogP contribution in [0.4, 0.5) is 5.69 Å². The predicted octanol–water partition coefficient (Wildman–Crippen LogP) is 2.72. The van der Waals surface area contributed by atoms with Gasteiger partial charge in [-0.05, 0) is 31.9 Å². The Bertz CT molecular complexity index is 592. The van der Waals surface area contributed by atoms with Crippen LogP contribution in [0.25, 0.3) is 0 Å². The molecular formula is C16H25ClN2O2S. The quantitative estimate of drug-likeness (QED) is 0.862. The molecule has 124 valence electrons. The molecule has 0 aromatic heterocycles. The van der Waals surface area contributed by atoms with E-state index >= 15 is 0 Å². The number of benzene rings is 1. The summed E-state index contributed by atoms with van der Waals surface area (Å²) in [6, 6.07) is 8.14. The number of rotatable bonds is 6. The Kier molecular flexibility index (Phi) is 6.12. The van der Waals surface area contributed by atoms with Gasteiger partial charge < -0.3 is 10.2 Å². The van der Waals surface area contributed by atoms with Gasteiger partial charge in [-0.15, -0.1) is 0 Å². The molecule has 2 atom stereocenters. The second-order valence-electron chi connectivity index (χ2n) is 6.00. The molecule has 0 bridgehead atoms. The first-order valence-corrected chi connectivity index (χ1v) is 10.1. The van der Waals surface area contributed by atoms with Crippen molar-refractivity contribution in [3.63, 3.8) is 0 Å². The molecule has 0 saturated carbocycles. The predicted molar refractivity (Wildman–Crippen MR) is 93.6 cm³/mol. The molecule has 1 heterocycles. The zero-order chi connectivity index (χ0) is 16.2. The van der Waals surface area contributed by atoms with Gasteiger partial charge in [0.05, 0.1) is 16.5 Å². The molecule has 4 nitrogen and oxygen atoms in total. The summed E-state index contributed by atoms with van der Waals surface area (Å²) in [5, 5.41) is 4.23. The van der Waals surface area contributed by atoms with Crippen molar-refractivity contribution in [1.29, 1.82) is 0 Å². The Morgan fingerprint density at radius 2 is 2.14 bits per heavy atom. The van der Waals surface area contributed by atoms with E-state index in [9.17, 15) is 8.42 Å². The largest absolute Gasteiger partial charge is 0.369 e. The Labute approximate surface area is 138 Å². The molecule has 1 N–H and O–H groups in total. The summed E-state index contributed by atoms with van der Waals surface area (Å²) >= 11 is 6.28. The van der Waals surface area contributed by atoms with Crippen molar-refractivity contribution in [2.75, 3.05) is 29.5 Å². The van der Waals surface area contributed by atoms with Gasteiger partial charge in [0.2, 0.25) is 0 Å². The lowest BCUT2D eigenvalue weighted by Gasteiger charge is -2.36. The molecule has 1 aromatic rings. The van der Waals surface area contributed by atoms with E-state index in [0.717, 1.165) is 36.6 Å². The molecule has 0 unspecified atom stereocenters. The molecule has 1 aliphatic rings. The number of hydrogen-bond donors (Lipinski definition) is 1. The van der Waals surface area contributed by atoms with E-state index in [1.807, 2.05) is 31.2 Å². The van der Waals surface area contributed by atoms with Crippen molar-refractivity contribution >= 4 is 27.1 Å². The van der Waals surface area contributed by atoms with Crippen molar-refractivity contribution < 1.29 is 8.42 Å². The third-order valence-corrected chi connectivity index (χ3v) is 6.29. The fourth-order valence-electron chi connectivity index (χ4n) is 2.99. The summed E-state index contributed by atoms with van der Waals surface area (Å²) in [5.74, 6) is 0.404. The summed E-state index contributed by atoms with van der Waals surface area (Å²) in [7, 11) is -2.94. The highest BCUT2D eigenvalue weighted by atomic mass is 35.5. The number of sulfone groups is 1. The number of halogens is 1.